The van der Waals surface area contributed by atoms with Crippen LogP contribution in [-0.4, -0.2) is 18.9 Å². The highest BCUT2D eigenvalue weighted by Gasteiger charge is 2.11. The smallest absolute Gasteiger partial charge is 0.313 e. The summed E-state index contributed by atoms with van der Waals surface area (Å²) in [6.45, 7) is 3.67. The van der Waals surface area contributed by atoms with E-state index in [4.69, 9.17) is 0 Å². The number of carbonyl (C=O) groups excluding carboxylic acids is 2. The van der Waals surface area contributed by atoms with E-state index in [9.17, 15) is 9.59 Å². The number of ketones is 1. The standard InChI is InChI=1S/C12H16O3/c1-4-6-8-10(7-5-2)11(13)9-12(14)15-3/h4-8H,9H2,1-3H3/b6-4-,7-5-,10-8+. The van der Waals surface area contributed by atoms with Crippen LogP contribution in [0.3, 0.4) is 0 Å². The Kier molecular flexibility index (Phi) is 6.89. The van der Waals surface area contributed by atoms with E-state index >= 15 is 0 Å². The van der Waals surface area contributed by atoms with Crippen molar-refractivity contribution in [3.05, 3.63) is 36.0 Å². The van der Waals surface area contributed by atoms with Crippen LogP contribution in [0.15, 0.2) is 36.0 Å². The molecule has 0 aliphatic rings. The first kappa shape index (κ1) is 13.4. The summed E-state index contributed by atoms with van der Waals surface area (Å²) in [7, 11) is 1.26. The Balaban J connectivity index is 4.63. The van der Waals surface area contributed by atoms with Crippen molar-refractivity contribution in [2.75, 3.05) is 7.11 Å². The van der Waals surface area contributed by atoms with Crippen molar-refractivity contribution in [2.24, 2.45) is 0 Å². The second kappa shape index (κ2) is 7.74. The van der Waals surface area contributed by atoms with E-state index in [1.807, 2.05) is 19.9 Å². The van der Waals surface area contributed by atoms with Gasteiger partial charge in [0, 0.05) is 5.57 Å². The molecule has 0 aromatic heterocycles. The Labute approximate surface area is 90.1 Å². The van der Waals surface area contributed by atoms with Crippen LogP contribution in [0.4, 0.5) is 0 Å². The Morgan fingerprint density at radius 2 is 1.87 bits per heavy atom. The van der Waals surface area contributed by atoms with Crippen molar-refractivity contribution in [1.82, 2.24) is 0 Å². The van der Waals surface area contributed by atoms with Crippen molar-refractivity contribution in [3.63, 3.8) is 0 Å². The van der Waals surface area contributed by atoms with Gasteiger partial charge in [-0.3, -0.25) is 9.59 Å². The van der Waals surface area contributed by atoms with E-state index in [1.165, 1.54) is 7.11 Å². The second-order valence-electron chi connectivity index (χ2n) is 2.82. The highest BCUT2D eigenvalue weighted by molar-refractivity contribution is 6.07. The Morgan fingerprint density at radius 3 is 2.33 bits per heavy atom. The third kappa shape index (κ3) is 5.62. The van der Waals surface area contributed by atoms with Gasteiger partial charge in [-0.05, 0) is 13.8 Å². The molecule has 0 unspecified atom stereocenters. The number of hydrogen-bond acceptors (Lipinski definition) is 3. The Hall–Kier alpha value is -1.64. The molecular weight excluding hydrogens is 192 g/mol. The first-order valence-electron chi connectivity index (χ1n) is 4.71. The fraction of sp³-hybridized carbons (Fsp3) is 0.333. The SMILES string of the molecule is C\C=C/C=C(\C=C/C)C(=O)CC(=O)OC. The maximum Gasteiger partial charge on any atom is 0.313 e. The number of hydrogen-bond donors (Lipinski definition) is 0. The van der Waals surface area contributed by atoms with E-state index in [2.05, 4.69) is 4.74 Å². The highest BCUT2D eigenvalue weighted by atomic mass is 16.5. The third-order valence-electron chi connectivity index (χ3n) is 1.67. The molecule has 0 saturated carbocycles. The fourth-order valence-electron chi connectivity index (χ4n) is 0.926. The van der Waals surface area contributed by atoms with Crippen molar-refractivity contribution >= 4 is 11.8 Å². The van der Waals surface area contributed by atoms with Crippen LogP contribution in [-0.2, 0) is 14.3 Å². The first-order chi connectivity index (χ1) is 7.15. The molecule has 0 heterocycles. The molecule has 0 spiro atoms. The molecule has 3 heteroatoms. The van der Waals surface area contributed by atoms with E-state index in [0.29, 0.717) is 5.57 Å². The van der Waals surface area contributed by atoms with Gasteiger partial charge in [-0.2, -0.15) is 0 Å². The summed E-state index contributed by atoms with van der Waals surface area (Å²) in [5.41, 5.74) is 0.501. The molecule has 0 amide bonds. The minimum atomic E-state index is -0.518. The van der Waals surface area contributed by atoms with Gasteiger partial charge < -0.3 is 4.74 Å². The minimum Gasteiger partial charge on any atom is -0.469 e. The van der Waals surface area contributed by atoms with Crippen LogP contribution in [0, 0.1) is 0 Å². The lowest BCUT2D eigenvalue weighted by Gasteiger charge is -1.99. The molecule has 0 bridgehead atoms. The molecule has 0 N–H and O–H groups in total. The van der Waals surface area contributed by atoms with Crippen LogP contribution >= 0.6 is 0 Å². The zero-order valence-electron chi connectivity index (χ0n) is 9.32. The average Bonchev–Trinajstić information content (AvgIpc) is 2.23. The lowest BCUT2D eigenvalue weighted by atomic mass is 10.1. The van der Waals surface area contributed by atoms with E-state index in [0.717, 1.165) is 0 Å². The highest BCUT2D eigenvalue weighted by Crippen LogP contribution is 2.04. The van der Waals surface area contributed by atoms with Crippen LogP contribution in [0.25, 0.3) is 0 Å². The molecule has 0 aromatic rings. The Bertz CT molecular complexity index is 309. The molecule has 0 aromatic carbocycles. The number of carbonyl (C=O) groups is 2. The molecule has 0 radical (unpaired) electrons. The van der Waals surface area contributed by atoms with Gasteiger partial charge in [0.2, 0.25) is 0 Å². The molecule has 0 fully saturated rings. The summed E-state index contributed by atoms with van der Waals surface area (Å²) in [5.74, 6) is -0.756. The van der Waals surface area contributed by atoms with Gasteiger partial charge in [0.25, 0.3) is 0 Å². The van der Waals surface area contributed by atoms with Gasteiger partial charge in [0.15, 0.2) is 5.78 Å². The summed E-state index contributed by atoms with van der Waals surface area (Å²) in [5, 5.41) is 0. The van der Waals surface area contributed by atoms with Gasteiger partial charge in [0.1, 0.15) is 6.42 Å². The molecule has 3 nitrogen and oxygen atoms in total. The number of allylic oxidation sites excluding steroid dienone is 6. The number of Topliss-reactive ketones (excluding diaryl/α,β-unsaturated/α-hetero) is 1. The van der Waals surface area contributed by atoms with Gasteiger partial charge in [0.05, 0.1) is 7.11 Å². The number of methoxy groups -OCH3 is 1. The lowest BCUT2D eigenvalue weighted by molar-refractivity contribution is -0.142. The van der Waals surface area contributed by atoms with Crippen LogP contribution < -0.4 is 0 Å². The number of ether oxygens (including phenoxy) is 1. The molecule has 15 heavy (non-hydrogen) atoms. The summed E-state index contributed by atoms with van der Waals surface area (Å²) >= 11 is 0. The normalized spacial score (nSPS) is 12.3. The maximum absolute atomic E-state index is 11.6. The van der Waals surface area contributed by atoms with Gasteiger partial charge in [-0.1, -0.05) is 30.4 Å². The number of rotatable bonds is 5. The Morgan fingerprint density at radius 1 is 1.20 bits per heavy atom. The van der Waals surface area contributed by atoms with Crippen molar-refractivity contribution in [3.8, 4) is 0 Å². The molecular formula is C12H16O3. The topological polar surface area (TPSA) is 43.4 Å². The monoisotopic (exact) mass is 208 g/mol. The van der Waals surface area contributed by atoms with Crippen LogP contribution in [0.5, 0.6) is 0 Å². The molecule has 0 aliphatic carbocycles. The van der Waals surface area contributed by atoms with E-state index < -0.39 is 5.97 Å². The molecule has 0 atom stereocenters. The van der Waals surface area contributed by atoms with Gasteiger partial charge in [-0.15, -0.1) is 0 Å². The minimum absolute atomic E-state index is 0.218. The average molecular weight is 208 g/mol. The first-order valence-corrected chi connectivity index (χ1v) is 4.71. The predicted octanol–water partition coefficient (Wildman–Crippen LogP) is 2.20. The molecule has 0 saturated heterocycles. The summed E-state index contributed by atoms with van der Waals surface area (Å²) in [6.07, 6.45) is 8.45. The largest absolute Gasteiger partial charge is 0.469 e. The summed E-state index contributed by atoms with van der Waals surface area (Å²) in [4.78, 5) is 22.4. The van der Waals surface area contributed by atoms with E-state index in [-0.39, 0.29) is 12.2 Å². The van der Waals surface area contributed by atoms with Crippen LogP contribution in [0.1, 0.15) is 20.3 Å². The zero-order valence-corrected chi connectivity index (χ0v) is 9.32. The zero-order chi connectivity index (χ0) is 11.7. The lowest BCUT2D eigenvalue weighted by Crippen LogP contribution is -2.10. The predicted molar refractivity (Wildman–Crippen MR) is 59.4 cm³/mol. The fourth-order valence-corrected chi connectivity index (χ4v) is 0.926. The molecule has 0 rings (SSSR count). The second-order valence-corrected chi connectivity index (χ2v) is 2.82. The quantitative estimate of drug-likeness (QED) is 0.301. The number of esters is 1. The molecule has 0 aliphatic heterocycles. The van der Waals surface area contributed by atoms with Crippen molar-refractivity contribution in [1.29, 1.82) is 0 Å². The molecule has 82 valence electrons. The van der Waals surface area contributed by atoms with Crippen molar-refractivity contribution in [2.45, 2.75) is 20.3 Å². The third-order valence-corrected chi connectivity index (χ3v) is 1.67. The van der Waals surface area contributed by atoms with Crippen LogP contribution in [0.2, 0.25) is 0 Å². The van der Waals surface area contributed by atoms with E-state index in [1.54, 1.807) is 24.3 Å². The summed E-state index contributed by atoms with van der Waals surface area (Å²) < 4.78 is 4.42. The van der Waals surface area contributed by atoms with Crippen molar-refractivity contribution < 1.29 is 14.3 Å². The summed E-state index contributed by atoms with van der Waals surface area (Å²) in [6, 6.07) is 0. The van der Waals surface area contributed by atoms with Gasteiger partial charge in [-0.25, -0.2) is 0 Å². The maximum atomic E-state index is 11.6. The van der Waals surface area contributed by atoms with Gasteiger partial charge >= 0.3 is 5.97 Å².